The quantitative estimate of drug-likeness (QED) is 0.593. The minimum Gasteiger partial charge on any atom is -0.462 e. The van der Waals surface area contributed by atoms with Crippen molar-refractivity contribution in [1.29, 1.82) is 0 Å². The van der Waals surface area contributed by atoms with Gasteiger partial charge in [-0.1, -0.05) is 6.08 Å². The highest BCUT2D eigenvalue weighted by Gasteiger charge is 2.40. The molecule has 0 atom stereocenters. The van der Waals surface area contributed by atoms with Crippen molar-refractivity contribution in [3.05, 3.63) is 29.1 Å². The predicted molar refractivity (Wildman–Crippen MR) is 82.8 cm³/mol. The zero-order valence-corrected chi connectivity index (χ0v) is 14.7. The van der Waals surface area contributed by atoms with Crippen LogP contribution in [0, 0.1) is 0 Å². The molecule has 0 bridgehead atoms. The van der Waals surface area contributed by atoms with Crippen LogP contribution in [-0.2, 0) is 27.0 Å². The molecule has 0 saturated carbocycles. The van der Waals surface area contributed by atoms with Crippen LogP contribution in [0.1, 0.15) is 50.7 Å². The molecule has 0 aliphatic heterocycles. The summed E-state index contributed by atoms with van der Waals surface area (Å²) >= 11 is 0. The van der Waals surface area contributed by atoms with E-state index in [1.807, 2.05) is 0 Å². The van der Waals surface area contributed by atoms with E-state index in [1.165, 1.54) is 19.9 Å². The van der Waals surface area contributed by atoms with Gasteiger partial charge in [0.25, 0.3) is 0 Å². The molecule has 0 aliphatic rings. The molecule has 0 saturated heterocycles. The standard InChI is InChI=1S/C16H21F3N2O4/c1-6-24-14(23)11-9-20-21(12(11)16(17,18)19)8-7-10(2)13(22)25-15(3,4)5/h7,9H,6,8H2,1-5H3. The Balaban J connectivity index is 3.08. The van der Waals surface area contributed by atoms with Crippen molar-refractivity contribution < 1.29 is 32.2 Å². The lowest BCUT2D eigenvalue weighted by Crippen LogP contribution is -2.24. The van der Waals surface area contributed by atoms with E-state index in [2.05, 4.69) is 9.84 Å². The molecular weight excluding hydrogens is 341 g/mol. The zero-order valence-electron chi connectivity index (χ0n) is 14.7. The van der Waals surface area contributed by atoms with Crippen molar-refractivity contribution in [3.63, 3.8) is 0 Å². The van der Waals surface area contributed by atoms with E-state index in [4.69, 9.17) is 4.74 Å². The molecule has 6 nitrogen and oxygen atoms in total. The van der Waals surface area contributed by atoms with Crippen LogP contribution in [0.2, 0.25) is 0 Å². The SMILES string of the molecule is CCOC(=O)c1cnn(CC=C(C)C(=O)OC(C)(C)C)c1C(F)(F)F. The Bertz CT molecular complexity index is 670. The average Bonchev–Trinajstić information content (AvgIpc) is 2.87. The predicted octanol–water partition coefficient (Wildman–Crippen LogP) is 3.37. The fourth-order valence-electron chi connectivity index (χ4n) is 1.85. The molecule has 1 heterocycles. The van der Waals surface area contributed by atoms with Gasteiger partial charge in [0.15, 0.2) is 5.69 Å². The van der Waals surface area contributed by atoms with Gasteiger partial charge in [0.1, 0.15) is 11.2 Å². The first-order valence-corrected chi connectivity index (χ1v) is 7.57. The number of hydrogen-bond donors (Lipinski definition) is 0. The average molecular weight is 362 g/mol. The molecule has 0 amide bonds. The molecule has 0 fully saturated rings. The van der Waals surface area contributed by atoms with E-state index < -0.39 is 35.0 Å². The maximum atomic E-state index is 13.3. The molecule has 25 heavy (non-hydrogen) atoms. The lowest BCUT2D eigenvalue weighted by atomic mass is 10.2. The summed E-state index contributed by atoms with van der Waals surface area (Å²) in [5.74, 6) is -1.74. The Hall–Kier alpha value is -2.32. The minimum atomic E-state index is -4.80. The molecule has 0 N–H and O–H groups in total. The number of aromatic nitrogens is 2. The number of halogens is 3. The highest BCUT2D eigenvalue weighted by molar-refractivity contribution is 5.90. The van der Waals surface area contributed by atoms with Crippen LogP contribution in [0.15, 0.2) is 17.8 Å². The number of esters is 2. The normalized spacial score (nSPS) is 12.9. The van der Waals surface area contributed by atoms with Gasteiger partial charge >= 0.3 is 18.1 Å². The molecule has 9 heteroatoms. The molecular formula is C16H21F3N2O4. The van der Waals surface area contributed by atoms with Gasteiger partial charge in [-0.25, -0.2) is 9.59 Å². The number of nitrogens with zero attached hydrogens (tertiary/aromatic N) is 2. The van der Waals surface area contributed by atoms with Gasteiger partial charge < -0.3 is 9.47 Å². The molecule has 140 valence electrons. The number of carbonyl (C=O) groups excluding carboxylic acids is 2. The Morgan fingerprint density at radius 2 is 1.88 bits per heavy atom. The Labute approximate surface area is 143 Å². The first-order chi connectivity index (χ1) is 11.4. The fraction of sp³-hybridized carbons (Fsp3) is 0.562. The summed E-state index contributed by atoms with van der Waals surface area (Å²) in [6.45, 7) is 7.55. The second-order valence-corrected chi connectivity index (χ2v) is 6.20. The van der Waals surface area contributed by atoms with Gasteiger partial charge in [-0.05, 0) is 34.6 Å². The highest BCUT2D eigenvalue weighted by Crippen LogP contribution is 2.32. The van der Waals surface area contributed by atoms with Gasteiger partial charge in [0.05, 0.1) is 19.3 Å². The highest BCUT2D eigenvalue weighted by atomic mass is 19.4. The van der Waals surface area contributed by atoms with Crippen molar-refractivity contribution in [2.24, 2.45) is 0 Å². The second-order valence-electron chi connectivity index (χ2n) is 6.20. The molecule has 0 spiro atoms. The van der Waals surface area contributed by atoms with E-state index in [1.54, 1.807) is 20.8 Å². The monoisotopic (exact) mass is 362 g/mol. The first-order valence-electron chi connectivity index (χ1n) is 7.57. The summed E-state index contributed by atoms with van der Waals surface area (Å²) in [5.41, 5.74) is -2.47. The topological polar surface area (TPSA) is 70.4 Å². The molecule has 1 aromatic rings. The van der Waals surface area contributed by atoms with Crippen molar-refractivity contribution in [1.82, 2.24) is 9.78 Å². The Morgan fingerprint density at radius 1 is 1.28 bits per heavy atom. The van der Waals surface area contributed by atoms with Crippen molar-refractivity contribution in [3.8, 4) is 0 Å². The number of allylic oxidation sites excluding steroid dienone is 1. The summed E-state index contributed by atoms with van der Waals surface area (Å²) in [6, 6.07) is 0. The van der Waals surface area contributed by atoms with E-state index in [0.29, 0.717) is 4.68 Å². The number of alkyl halides is 3. The molecule has 1 rings (SSSR count). The summed E-state index contributed by atoms with van der Waals surface area (Å²) in [5, 5.41) is 3.59. The summed E-state index contributed by atoms with van der Waals surface area (Å²) in [4.78, 5) is 23.5. The van der Waals surface area contributed by atoms with E-state index in [0.717, 1.165) is 6.20 Å². The van der Waals surface area contributed by atoms with Crippen LogP contribution in [0.5, 0.6) is 0 Å². The number of ether oxygens (including phenoxy) is 2. The van der Waals surface area contributed by atoms with Crippen molar-refractivity contribution in [2.75, 3.05) is 6.61 Å². The third-order valence-electron chi connectivity index (χ3n) is 2.89. The van der Waals surface area contributed by atoms with E-state index in [9.17, 15) is 22.8 Å². The third-order valence-corrected chi connectivity index (χ3v) is 2.89. The first kappa shape index (κ1) is 20.7. The summed E-state index contributed by atoms with van der Waals surface area (Å²) < 4.78 is 50.1. The molecule has 0 aromatic carbocycles. The minimum absolute atomic E-state index is 0.0566. The van der Waals surface area contributed by atoms with Crippen LogP contribution in [0.25, 0.3) is 0 Å². The summed E-state index contributed by atoms with van der Waals surface area (Å²) in [6.07, 6.45) is -2.74. The molecule has 0 radical (unpaired) electrons. The van der Waals surface area contributed by atoms with E-state index in [-0.39, 0.29) is 18.7 Å². The van der Waals surface area contributed by atoms with E-state index >= 15 is 0 Å². The second kappa shape index (κ2) is 7.71. The summed E-state index contributed by atoms with van der Waals surface area (Å²) in [7, 11) is 0. The van der Waals surface area contributed by atoms with Gasteiger partial charge in [-0.2, -0.15) is 18.3 Å². The zero-order chi connectivity index (χ0) is 19.4. The molecule has 0 unspecified atom stereocenters. The van der Waals surface area contributed by atoms with Crippen molar-refractivity contribution in [2.45, 2.75) is 52.9 Å². The maximum Gasteiger partial charge on any atom is 0.433 e. The molecule has 0 aliphatic carbocycles. The number of carbonyl (C=O) groups is 2. The molecule has 1 aromatic heterocycles. The fourth-order valence-corrected chi connectivity index (χ4v) is 1.85. The Kier molecular flexibility index (Phi) is 6.39. The lowest BCUT2D eigenvalue weighted by Gasteiger charge is -2.19. The van der Waals surface area contributed by atoms with Crippen molar-refractivity contribution >= 4 is 11.9 Å². The van der Waals surface area contributed by atoms with Crippen LogP contribution in [0.4, 0.5) is 13.2 Å². The largest absolute Gasteiger partial charge is 0.462 e. The smallest absolute Gasteiger partial charge is 0.433 e. The van der Waals surface area contributed by atoms with Crippen LogP contribution >= 0.6 is 0 Å². The van der Waals surface area contributed by atoms with Crippen LogP contribution < -0.4 is 0 Å². The number of hydrogen-bond acceptors (Lipinski definition) is 5. The van der Waals surface area contributed by atoms with Gasteiger partial charge in [0, 0.05) is 5.57 Å². The van der Waals surface area contributed by atoms with Gasteiger partial charge in [-0.3, -0.25) is 4.68 Å². The van der Waals surface area contributed by atoms with Gasteiger partial charge in [0.2, 0.25) is 0 Å². The lowest BCUT2D eigenvalue weighted by molar-refractivity contribution is -0.149. The van der Waals surface area contributed by atoms with Crippen LogP contribution in [-0.4, -0.2) is 33.9 Å². The van der Waals surface area contributed by atoms with Crippen LogP contribution in [0.3, 0.4) is 0 Å². The maximum absolute atomic E-state index is 13.3. The third kappa shape index (κ3) is 5.91. The number of rotatable bonds is 5. The van der Waals surface area contributed by atoms with Gasteiger partial charge in [-0.15, -0.1) is 0 Å². The Morgan fingerprint density at radius 3 is 2.36 bits per heavy atom.